The van der Waals surface area contributed by atoms with Crippen molar-refractivity contribution in [2.45, 2.75) is 45.2 Å². The molecule has 0 spiro atoms. The molecule has 1 amide bonds. The molecule has 0 unspecified atom stereocenters. The van der Waals surface area contributed by atoms with Gasteiger partial charge in [0.1, 0.15) is 11.3 Å². The lowest BCUT2D eigenvalue weighted by Gasteiger charge is -2.21. The van der Waals surface area contributed by atoms with Crippen molar-refractivity contribution in [3.05, 3.63) is 88.1 Å². The van der Waals surface area contributed by atoms with Crippen LogP contribution in [0.3, 0.4) is 0 Å². The van der Waals surface area contributed by atoms with E-state index in [1.54, 1.807) is 24.4 Å². The third-order valence-electron chi connectivity index (χ3n) is 6.55. The maximum atomic E-state index is 12.6. The van der Waals surface area contributed by atoms with E-state index in [0.29, 0.717) is 12.2 Å². The van der Waals surface area contributed by atoms with Gasteiger partial charge in [0.05, 0.1) is 5.52 Å². The van der Waals surface area contributed by atoms with E-state index in [1.807, 2.05) is 18.3 Å². The topological polar surface area (TPSA) is 88.4 Å². The van der Waals surface area contributed by atoms with Gasteiger partial charge in [0.15, 0.2) is 0 Å². The van der Waals surface area contributed by atoms with Crippen molar-refractivity contribution < 1.29 is 4.79 Å². The van der Waals surface area contributed by atoms with Crippen molar-refractivity contribution in [3.63, 3.8) is 0 Å². The number of nitrogens with one attached hydrogen (secondary N) is 2. The fraction of sp³-hybridized carbons (Fsp3) is 0.333. The Hall–Kier alpha value is -3.58. The van der Waals surface area contributed by atoms with Crippen molar-refractivity contribution in [2.75, 3.05) is 6.54 Å². The summed E-state index contributed by atoms with van der Waals surface area (Å²) in [5, 5.41) is 7.52. The second-order valence-corrected chi connectivity index (χ2v) is 9.10. The summed E-state index contributed by atoms with van der Waals surface area (Å²) in [5.74, 6) is 0.424. The third kappa shape index (κ3) is 5.15. The Morgan fingerprint density at radius 3 is 2.74 bits per heavy atom. The number of hydrogen-bond acceptors (Lipinski definition) is 5. The van der Waals surface area contributed by atoms with Gasteiger partial charge in [-0.3, -0.25) is 19.0 Å². The summed E-state index contributed by atoms with van der Waals surface area (Å²) >= 11 is 0. The molecule has 1 saturated carbocycles. The molecule has 3 heterocycles. The number of fused-ring (bicyclic) bond motifs is 2. The molecule has 7 heteroatoms. The molecule has 1 aliphatic rings. The average molecular weight is 456 g/mol. The molecule has 4 aromatic rings. The standard InChI is InChI=1S/C27H29N5O2/c33-26-14-24(31-25-8-4-5-11-32(25)26)27(34)30-17-20-9-10-23-22(12-20)13-21(18-29-23)16-28-15-19-6-2-1-3-7-19/h4-5,8-14,18-19,28H,1-3,6-7,15-17H2,(H,30,34). The van der Waals surface area contributed by atoms with Crippen molar-refractivity contribution in [1.82, 2.24) is 25.0 Å². The van der Waals surface area contributed by atoms with Crippen LogP contribution in [0, 0.1) is 5.92 Å². The lowest BCUT2D eigenvalue weighted by molar-refractivity contribution is 0.0946. The van der Waals surface area contributed by atoms with Crippen LogP contribution in [0.4, 0.5) is 0 Å². The van der Waals surface area contributed by atoms with E-state index < -0.39 is 0 Å². The lowest BCUT2D eigenvalue weighted by atomic mass is 9.89. The number of hydrogen-bond donors (Lipinski definition) is 2. The largest absolute Gasteiger partial charge is 0.347 e. The number of rotatable bonds is 7. The van der Waals surface area contributed by atoms with Crippen molar-refractivity contribution in [3.8, 4) is 0 Å². The van der Waals surface area contributed by atoms with Gasteiger partial charge >= 0.3 is 0 Å². The minimum absolute atomic E-state index is 0.116. The molecule has 2 N–H and O–H groups in total. The van der Waals surface area contributed by atoms with Crippen LogP contribution >= 0.6 is 0 Å². The van der Waals surface area contributed by atoms with Crippen LogP contribution in [0.25, 0.3) is 16.6 Å². The normalized spacial score (nSPS) is 14.5. The maximum Gasteiger partial charge on any atom is 0.270 e. The fourth-order valence-corrected chi connectivity index (χ4v) is 4.69. The first-order valence-corrected chi connectivity index (χ1v) is 12.0. The fourth-order valence-electron chi connectivity index (χ4n) is 4.69. The monoisotopic (exact) mass is 455 g/mol. The minimum atomic E-state index is -0.373. The Labute approximate surface area is 198 Å². The molecule has 1 fully saturated rings. The van der Waals surface area contributed by atoms with Crippen LogP contribution in [-0.4, -0.2) is 26.8 Å². The summed E-state index contributed by atoms with van der Waals surface area (Å²) in [6, 6.07) is 14.6. The highest BCUT2D eigenvalue weighted by molar-refractivity contribution is 5.92. The summed E-state index contributed by atoms with van der Waals surface area (Å²) in [5.41, 5.74) is 3.33. The Balaban J connectivity index is 1.23. The highest BCUT2D eigenvalue weighted by atomic mass is 16.2. The Kier molecular flexibility index (Phi) is 6.62. The van der Waals surface area contributed by atoms with Gasteiger partial charge in [-0.2, -0.15) is 0 Å². The van der Waals surface area contributed by atoms with Crippen LogP contribution in [-0.2, 0) is 13.1 Å². The summed E-state index contributed by atoms with van der Waals surface area (Å²) in [6.07, 6.45) is 10.3. The Bertz CT molecular complexity index is 1370. The molecule has 5 rings (SSSR count). The number of carbonyl (C=O) groups is 1. The predicted molar refractivity (Wildman–Crippen MR) is 133 cm³/mol. The maximum absolute atomic E-state index is 12.6. The van der Waals surface area contributed by atoms with Gasteiger partial charge in [0.2, 0.25) is 0 Å². The highest BCUT2D eigenvalue weighted by Gasteiger charge is 2.13. The second kappa shape index (κ2) is 10.1. The zero-order valence-corrected chi connectivity index (χ0v) is 19.2. The van der Waals surface area contributed by atoms with Crippen LogP contribution < -0.4 is 16.2 Å². The number of carbonyl (C=O) groups excluding carboxylic acids is 1. The van der Waals surface area contributed by atoms with Gasteiger partial charge in [-0.1, -0.05) is 31.4 Å². The minimum Gasteiger partial charge on any atom is -0.347 e. The molecule has 0 atom stereocenters. The van der Waals surface area contributed by atoms with Gasteiger partial charge < -0.3 is 10.6 Å². The third-order valence-corrected chi connectivity index (χ3v) is 6.55. The first kappa shape index (κ1) is 22.2. The summed E-state index contributed by atoms with van der Waals surface area (Å²) < 4.78 is 1.41. The van der Waals surface area contributed by atoms with E-state index >= 15 is 0 Å². The van der Waals surface area contributed by atoms with E-state index in [9.17, 15) is 9.59 Å². The smallest absolute Gasteiger partial charge is 0.270 e. The molecule has 3 aromatic heterocycles. The van der Waals surface area contributed by atoms with Gasteiger partial charge in [-0.25, -0.2) is 4.98 Å². The Morgan fingerprint density at radius 2 is 1.85 bits per heavy atom. The van der Waals surface area contributed by atoms with Crippen LogP contribution in [0.5, 0.6) is 0 Å². The van der Waals surface area contributed by atoms with E-state index in [0.717, 1.165) is 41.0 Å². The molecular weight excluding hydrogens is 426 g/mol. The molecule has 34 heavy (non-hydrogen) atoms. The molecule has 0 radical (unpaired) electrons. The molecule has 0 aliphatic heterocycles. The predicted octanol–water partition coefficient (Wildman–Crippen LogP) is 3.84. The average Bonchev–Trinajstić information content (AvgIpc) is 2.87. The highest BCUT2D eigenvalue weighted by Crippen LogP contribution is 2.23. The number of aromatic nitrogens is 3. The van der Waals surface area contributed by atoms with E-state index in [-0.39, 0.29) is 17.2 Å². The van der Waals surface area contributed by atoms with Gasteiger partial charge in [0.25, 0.3) is 11.5 Å². The van der Waals surface area contributed by atoms with Gasteiger partial charge in [0, 0.05) is 36.9 Å². The number of nitrogens with zero attached hydrogens (tertiary/aromatic N) is 3. The summed E-state index contributed by atoms with van der Waals surface area (Å²) in [6.45, 7) is 2.22. The van der Waals surface area contributed by atoms with Gasteiger partial charge in [-0.05, 0) is 66.8 Å². The number of pyridine rings is 2. The van der Waals surface area contributed by atoms with E-state index in [2.05, 4.69) is 32.7 Å². The molecule has 0 bridgehead atoms. The molecule has 1 aromatic carbocycles. The summed E-state index contributed by atoms with van der Waals surface area (Å²) in [7, 11) is 0. The van der Waals surface area contributed by atoms with Crippen molar-refractivity contribution in [1.29, 1.82) is 0 Å². The van der Waals surface area contributed by atoms with Crippen molar-refractivity contribution >= 4 is 22.5 Å². The molecule has 0 saturated heterocycles. The van der Waals surface area contributed by atoms with E-state index in [4.69, 9.17) is 0 Å². The first-order valence-electron chi connectivity index (χ1n) is 12.0. The number of amides is 1. The lowest BCUT2D eigenvalue weighted by Crippen LogP contribution is -2.26. The van der Waals surface area contributed by atoms with E-state index in [1.165, 1.54) is 42.6 Å². The second-order valence-electron chi connectivity index (χ2n) is 9.10. The zero-order valence-electron chi connectivity index (χ0n) is 19.2. The van der Waals surface area contributed by atoms with Gasteiger partial charge in [-0.15, -0.1) is 0 Å². The first-order chi connectivity index (χ1) is 16.7. The van der Waals surface area contributed by atoms with Crippen LogP contribution in [0.15, 0.2) is 65.7 Å². The Morgan fingerprint density at radius 1 is 1.00 bits per heavy atom. The van der Waals surface area contributed by atoms with Crippen LogP contribution in [0.2, 0.25) is 0 Å². The summed E-state index contributed by atoms with van der Waals surface area (Å²) in [4.78, 5) is 33.8. The molecule has 1 aliphatic carbocycles. The SMILES string of the molecule is O=C(NCc1ccc2ncc(CNCC3CCCCC3)cc2c1)c1cc(=O)n2ccccc2n1. The quantitative estimate of drug-likeness (QED) is 0.442. The molecule has 7 nitrogen and oxygen atoms in total. The zero-order chi connectivity index (χ0) is 23.3. The molecule has 174 valence electrons. The van der Waals surface area contributed by atoms with Crippen molar-refractivity contribution in [2.24, 2.45) is 5.92 Å². The number of benzene rings is 1. The van der Waals surface area contributed by atoms with Crippen LogP contribution in [0.1, 0.15) is 53.7 Å². The molecular formula is C27H29N5O2.